The summed E-state index contributed by atoms with van der Waals surface area (Å²) < 4.78 is 15.0. The zero-order valence-electron chi connectivity index (χ0n) is 11.3. The predicted octanol–water partition coefficient (Wildman–Crippen LogP) is 5.38. The van der Waals surface area contributed by atoms with Crippen molar-refractivity contribution >= 4 is 39.1 Å². The van der Waals surface area contributed by atoms with E-state index in [9.17, 15) is 4.39 Å². The van der Waals surface area contributed by atoms with Gasteiger partial charge in [0.2, 0.25) is 0 Å². The van der Waals surface area contributed by atoms with E-state index < -0.39 is 5.82 Å². The van der Waals surface area contributed by atoms with Gasteiger partial charge in [0.05, 0.1) is 21.8 Å². The van der Waals surface area contributed by atoms with Crippen LogP contribution in [0.3, 0.4) is 0 Å². The van der Waals surface area contributed by atoms with Gasteiger partial charge in [-0.3, -0.25) is 4.98 Å². The Morgan fingerprint density at radius 1 is 1.29 bits per heavy atom. The second kappa shape index (κ2) is 7.54. The van der Waals surface area contributed by atoms with Crippen LogP contribution in [0.15, 0.2) is 34.9 Å². The first-order chi connectivity index (χ1) is 10.0. The lowest BCUT2D eigenvalue weighted by Crippen LogP contribution is -2.25. The van der Waals surface area contributed by atoms with Crippen LogP contribution >= 0.6 is 39.1 Å². The Kier molecular flexibility index (Phi) is 5.99. The number of pyridine rings is 1. The Morgan fingerprint density at radius 3 is 2.67 bits per heavy atom. The minimum absolute atomic E-state index is 0.0739. The zero-order chi connectivity index (χ0) is 15.4. The maximum atomic E-state index is 14.4. The molecule has 0 bridgehead atoms. The molecular formula is C15H14BrCl2FN2. The summed E-state index contributed by atoms with van der Waals surface area (Å²) in [5, 5.41) is 3.91. The second-order valence-corrected chi connectivity index (χ2v) is 6.22. The van der Waals surface area contributed by atoms with Gasteiger partial charge in [0, 0.05) is 16.2 Å². The molecule has 1 heterocycles. The predicted molar refractivity (Wildman–Crippen MR) is 88.5 cm³/mol. The minimum Gasteiger partial charge on any atom is -0.305 e. The molecule has 0 fully saturated rings. The van der Waals surface area contributed by atoms with E-state index in [0.717, 1.165) is 13.0 Å². The van der Waals surface area contributed by atoms with Crippen molar-refractivity contribution in [3.8, 4) is 0 Å². The third kappa shape index (κ3) is 3.95. The van der Waals surface area contributed by atoms with Crippen LogP contribution < -0.4 is 5.32 Å². The molecule has 2 aromatic rings. The molecule has 2 rings (SSSR count). The average Bonchev–Trinajstić information content (AvgIpc) is 2.48. The van der Waals surface area contributed by atoms with Gasteiger partial charge in [0.25, 0.3) is 0 Å². The smallest absolute Gasteiger partial charge is 0.148 e. The van der Waals surface area contributed by atoms with Gasteiger partial charge >= 0.3 is 0 Å². The molecule has 0 saturated carbocycles. The first-order valence-electron chi connectivity index (χ1n) is 6.52. The number of hydrogen-bond acceptors (Lipinski definition) is 2. The van der Waals surface area contributed by atoms with Gasteiger partial charge in [0.15, 0.2) is 0 Å². The zero-order valence-corrected chi connectivity index (χ0v) is 14.4. The van der Waals surface area contributed by atoms with Gasteiger partial charge in [0.1, 0.15) is 5.82 Å². The average molecular weight is 392 g/mol. The van der Waals surface area contributed by atoms with Crippen LogP contribution in [0.5, 0.6) is 0 Å². The summed E-state index contributed by atoms with van der Waals surface area (Å²) in [7, 11) is 0. The summed E-state index contributed by atoms with van der Waals surface area (Å²) in [6.07, 6.45) is 2.48. The molecule has 112 valence electrons. The van der Waals surface area contributed by atoms with E-state index >= 15 is 0 Å². The van der Waals surface area contributed by atoms with Crippen LogP contribution in [-0.2, 0) is 0 Å². The van der Waals surface area contributed by atoms with Gasteiger partial charge in [-0.2, -0.15) is 0 Å². The highest BCUT2D eigenvalue weighted by molar-refractivity contribution is 9.10. The highest BCUT2D eigenvalue weighted by atomic mass is 79.9. The van der Waals surface area contributed by atoms with Crippen LogP contribution in [-0.4, -0.2) is 11.5 Å². The number of nitrogens with one attached hydrogen (secondary N) is 1. The molecule has 21 heavy (non-hydrogen) atoms. The molecule has 0 aliphatic rings. The highest BCUT2D eigenvalue weighted by Gasteiger charge is 2.21. The molecule has 0 aliphatic carbocycles. The van der Waals surface area contributed by atoms with Gasteiger partial charge in [-0.15, -0.1) is 0 Å². The quantitative estimate of drug-likeness (QED) is 0.692. The van der Waals surface area contributed by atoms with Crippen molar-refractivity contribution in [2.75, 3.05) is 6.54 Å². The molecule has 1 aromatic carbocycles. The van der Waals surface area contributed by atoms with E-state index in [1.807, 2.05) is 6.92 Å². The maximum absolute atomic E-state index is 14.4. The van der Waals surface area contributed by atoms with Crippen molar-refractivity contribution in [1.82, 2.24) is 10.3 Å². The summed E-state index contributed by atoms with van der Waals surface area (Å²) in [5.74, 6) is -0.448. The Balaban J connectivity index is 2.45. The van der Waals surface area contributed by atoms with Crippen molar-refractivity contribution in [2.45, 2.75) is 19.4 Å². The van der Waals surface area contributed by atoms with Crippen LogP contribution in [0.25, 0.3) is 0 Å². The van der Waals surface area contributed by atoms with Gasteiger partial charge in [-0.05, 0) is 47.1 Å². The molecular weight excluding hydrogens is 378 g/mol. The third-order valence-electron chi connectivity index (χ3n) is 3.02. The second-order valence-electron chi connectivity index (χ2n) is 4.55. The van der Waals surface area contributed by atoms with Gasteiger partial charge in [-0.25, -0.2) is 4.39 Å². The number of nitrogens with zero attached hydrogens (tertiary/aromatic N) is 1. The van der Waals surface area contributed by atoms with Crippen molar-refractivity contribution < 1.29 is 4.39 Å². The molecule has 0 aliphatic heterocycles. The standard InChI is InChI=1S/C15H14BrCl2FN2/c1-2-7-20-15(12-6-3-9(17)8-21-12)10-4-5-11(16)13(18)14(10)19/h3-6,8,15,20H,2,7H2,1H3. The highest BCUT2D eigenvalue weighted by Crippen LogP contribution is 2.32. The largest absolute Gasteiger partial charge is 0.305 e. The first kappa shape index (κ1) is 16.7. The summed E-state index contributed by atoms with van der Waals surface area (Å²) in [6.45, 7) is 2.78. The van der Waals surface area contributed by atoms with E-state index in [1.54, 1.807) is 30.5 Å². The minimum atomic E-state index is -0.448. The van der Waals surface area contributed by atoms with Crippen molar-refractivity contribution in [2.24, 2.45) is 0 Å². The lowest BCUT2D eigenvalue weighted by atomic mass is 10.0. The Morgan fingerprint density at radius 2 is 2.05 bits per heavy atom. The van der Waals surface area contributed by atoms with E-state index in [4.69, 9.17) is 23.2 Å². The van der Waals surface area contributed by atoms with E-state index in [-0.39, 0.29) is 11.1 Å². The topological polar surface area (TPSA) is 24.9 Å². The van der Waals surface area contributed by atoms with Crippen LogP contribution in [0.1, 0.15) is 30.6 Å². The number of benzene rings is 1. The number of hydrogen-bond donors (Lipinski definition) is 1. The van der Waals surface area contributed by atoms with Crippen molar-refractivity contribution in [1.29, 1.82) is 0 Å². The van der Waals surface area contributed by atoms with E-state index in [0.29, 0.717) is 20.8 Å². The van der Waals surface area contributed by atoms with Crippen molar-refractivity contribution in [3.63, 3.8) is 0 Å². The molecule has 0 saturated heterocycles. The first-order valence-corrected chi connectivity index (χ1v) is 8.07. The lowest BCUT2D eigenvalue weighted by molar-refractivity contribution is 0.539. The molecule has 2 nitrogen and oxygen atoms in total. The van der Waals surface area contributed by atoms with E-state index in [2.05, 4.69) is 26.2 Å². The normalized spacial score (nSPS) is 12.4. The maximum Gasteiger partial charge on any atom is 0.148 e. The van der Waals surface area contributed by atoms with Crippen LogP contribution in [0.2, 0.25) is 10.0 Å². The fourth-order valence-electron chi connectivity index (χ4n) is 1.98. The Hall–Kier alpha value is -0.680. The monoisotopic (exact) mass is 390 g/mol. The van der Waals surface area contributed by atoms with Gasteiger partial charge < -0.3 is 5.32 Å². The molecule has 1 atom stereocenters. The molecule has 0 radical (unpaired) electrons. The molecule has 1 unspecified atom stereocenters. The fourth-order valence-corrected chi connectivity index (χ4v) is 2.57. The molecule has 0 amide bonds. The van der Waals surface area contributed by atoms with Crippen LogP contribution in [0.4, 0.5) is 4.39 Å². The third-order valence-corrected chi connectivity index (χ3v) is 4.50. The van der Waals surface area contributed by atoms with Crippen LogP contribution in [0, 0.1) is 5.82 Å². The lowest BCUT2D eigenvalue weighted by Gasteiger charge is -2.20. The Labute approximate surface area is 141 Å². The molecule has 1 N–H and O–H groups in total. The number of rotatable bonds is 5. The van der Waals surface area contributed by atoms with Gasteiger partial charge in [-0.1, -0.05) is 36.2 Å². The number of halogens is 4. The Bertz CT molecular complexity index is 620. The fraction of sp³-hybridized carbons (Fsp3) is 0.267. The molecule has 6 heteroatoms. The number of aromatic nitrogens is 1. The summed E-state index contributed by atoms with van der Waals surface area (Å²) in [6, 6.07) is 6.59. The molecule has 1 aromatic heterocycles. The SMILES string of the molecule is CCCNC(c1ccc(Cl)cn1)c1ccc(Br)c(Cl)c1F. The van der Waals surface area contributed by atoms with E-state index in [1.165, 1.54) is 0 Å². The van der Waals surface area contributed by atoms with Crippen molar-refractivity contribution in [3.05, 3.63) is 62.1 Å². The summed E-state index contributed by atoms with van der Waals surface area (Å²) >= 11 is 15.1. The summed E-state index contributed by atoms with van der Waals surface area (Å²) in [4.78, 5) is 4.29. The molecule has 0 spiro atoms. The summed E-state index contributed by atoms with van der Waals surface area (Å²) in [5.41, 5.74) is 1.16.